The SMILES string of the molecule is CC(F)(F)c1ccc(S(=O)(=O)N(CCC(=O)O)C2CC2)cc1. The van der Waals surface area contributed by atoms with E-state index in [1.54, 1.807) is 0 Å². The summed E-state index contributed by atoms with van der Waals surface area (Å²) >= 11 is 0. The molecule has 1 saturated carbocycles. The van der Waals surface area contributed by atoms with Crippen molar-refractivity contribution in [2.24, 2.45) is 0 Å². The van der Waals surface area contributed by atoms with Crippen LogP contribution in [0.2, 0.25) is 0 Å². The highest BCUT2D eigenvalue weighted by molar-refractivity contribution is 7.89. The van der Waals surface area contributed by atoms with Gasteiger partial charge in [-0.2, -0.15) is 4.31 Å². The molecule has 22 heavy (non-hydrogen) atoms. The number of aliphatic carboxylic acids is 1. The molecule has 0 spiro atoms. The van der Waals surface area contributed by atoms with Crippen molar-refractivity contribution >= 4 is 16.0 Å². The zero-order chi connectivity index (χ0) is 16.5. The number of benzene rings is 1. The van der Waals surface area contributed by atoms with E-state index in [0.29, 0.717) is 12.8 Å². The third kappa shape index (κ3) is 3.80. The van der Waals surface area contributed by atoms with Crippen molar-refractivity contribution in [2.75, 3.05) is 6.54 Å². The van der Waals surface area contributed by atoms with Gasteiger partial charge in [0.2, 0.25) is 10.0 Å². The minimum atomic E-state index is -3.87. The summed E-state index contributed by atoms with van der Waals surface area (Å²) in [6.07, 6.45) is 1.08. The highest BCUT2D eigenvalue weighted by Gasteiger charge is 2.38. The van der Waals surface area contributed by atoms with E-state index in [-0.39, 0.29) is 29.5 Å². The lowest BCUT2D eigenvalue weighted by Gasteiger charge is -2.21. The van der Waals surface area contributed by atoms with Gasteiger partial charge in [-0.15, -0.1) is 0 Å². The van der Waals surface area contributed by atoms with Gasteiger partial charge in [-0.05, 0) is 25.0 Å². The molecule has 8 heteroatoms. The summed E-state index contributed by atoms with van der Waals surface area (Å²) in [5.41, 5.74) is -0.269. The molecule has 122 valence electrons. The first kappa shape index (κ1) is 16.8. The first-order chi connectivity index (χ1) is 10.1. The lowest BCUT2D eigenvalue weighted by Crippen LogP contribution is -2.35. The molecule has 5 nitrogen and oxygen atoms in total. The Morgan fingerprint density at radius 1 is 1.32 bits per heavy atom. The van der Waals surface area contributed by atoms with E-state index in [0.717, 1.165) is 35.5 Å². The molecule has 0 heterocycles. The Kier molecular flexibility index (Phi) is 4.53. The molecule has 2 rings (SSSR count). The molecule has 0 saturated heterocycles. The van der Waals surface area contributed by atoms with Gasteiger partial charge >= 0.3 is 5.97 Å². The fourth-order valence-corrected chi connectivity index (χ4v) is 3.81. The van der Waals surface area contributed by atoms with Crippen molar-refractivity contribution in [2.45, 2.75) is 43.0 Å². The second-order valence-electron chi connectivity index (χ2n) is 5.40. The zero-order valence-corrected chi connectivity index (χ0v) is 12.8. The van der Waals surface area contributed by atoms with Crippen molar-refractivity contribution in [3.63, 3.8) is 0 Å². The summed E-state index contributed by atoms with van der Waals surface area (Å²) in [6.45, 7) is 0.619. The maximum atomic E-state index is 13.2. The quantitative estimate of drug-likeness (QED) is 0.831. The molecule has 1 aromatic carbocycles. The summed E-state index contributed by atoms with van der Waals surface area (Å²) in [5, 5.41) is 8.72. The predicted molar refractivity (Wildman–Crippen MR) is 75.2 cm³/mol. The van der Waals surface area contributed by atoms with Crippen LogP contribution in [0.15, 0.2) is 29.2 Å². The summed E-state index contributed by atoms with van der Waals surface area (Å²) in [7, 11) is -3.87. The Labute approximate surface area is 127 Å². The second kappa shape index (κ2) is 5.92. The van der Waals surface area contributed by atoms with Gasteiger partial charge < -0.3 is 5.11 Å². The maximum Gasteiger partial charge on any atom is 0.304 e. The summed E-state index contributed by atoms with van der Waals surface area (Å²) in [6, 6.07) is 4.23. The van der Waals surface area contributed by atoms with Crippen LogP contribution in [-0.4, -0.2) is 36.4 Å². The largest absolute Gasteiger partial charge is 0.481 e. The zero-order valence-electron chi connectivity index (χ0n) is 12.0. The highest BCUT2D eigenvalue weighted by atomic mass is 32.2. The Bertz CT molecular complexity index is 648. The Balaban J connectivity index is 2.25. The molecule has 1 aromatic rings. The first-order valence-corrected chi connectivity index (χ1v) is 8.28. The van der Waals surface area contributed by atoms with Crippen LogP contribution in [0.3, 0.4) is 0 Å². The van der Waals surface area contributed by atoms with Crippen LogP contribution in [0, 0.1) is 0 Å². The number of carboxylic acids is 1. The third-order valence-electron chi connectivity index (χ3n) is 3.47. The van der Waals surface area contributed by atoms with Crippen LogP contribution in [0.4, 0.5) is 8.78 Å². The average molecular weight is 333 g/mol. The third-order valence-corrected chi connectivity index (χ3v) is 5.43. The molecular formula is C14H17F2NO4S. The molecule has 0 bridgehead atoms. The van der Waals surface area contributed by atoms with Crippen LogP contribution in [0.25, 0.3) is 0 Å². The number of carboxylic acid groups (broad SMARTS) is 1. The number of halogens is 2. The first-order valence-electron chi connectivity index (χ1n) is 6.84. The van der Waals surface area contributed by atoms with Crippen LogP contribution in [0.5, 0.6) is 0 Å². The van der Waals surface area contributed by atoms with Crippen LogP contribution >= 0.6 is 0 Å². The highest BCUT2D eigenvalue weighted by Crippen LogP contribution is 2.33. The minimum absolute atomic E-state index is 0.0993. The number of alkyl halides is 2. The Hall–Kier alpha value is -1.54. The van der Waals surface area contributed by atoms with E-state index in [1.165, 1.54) is 0 Å². The molecular weight excluding hydrogens is 316 g/mol. The van der Waals surface area contributed by atoms with Gasteiger partial charge in [0.15, 0.2) is 0 Å². The van der Waals surface area contributed by atoms with Gasteiger partial charge in [-0.3, -0.25) is 4.79 Å². The molecule has 0 aliphatic heterocycles. The summed E-state index contributed by atoms with van der Waals surface area (Å²) < 4.78 is 52.5. The number of rotatable bonds is 7. The minimum Gasteiger partial charge on any atom is -0.481 e. The van der Waals surface area contributed by atoms with Gasteiger partial charge in [0.25, 0.3) is 5.92 Å². The van der Waals surface area contributed by atoms with Crippen molar-refractivity contribution in [1.29, 1.82) is 0 Å². The van der Waals surface area contributed by atoms with Crippen LogP contribution < -0.4 is 0 Å². The van der Waals surface area contributed by atoms with Crippen molar-refractivity contribution in [1.82, 2.24) is 4.31 Å². The van der Waals surface area contributed by atoms with Gasteiger partial charge in [0.1, 0.15) is 0 Å². The standard InChI is InChI=1S/C14H17F2NO4S/c1-14(15,16)10-2-6-12(7-3-10)22(20,21)17(11-4-5-11)9-8-13(18)19/h2-3,6-7,11H,4-5,8-9H2,1H3,(H,18,19). The monoisotopic (exact) mass is 333 g/mol. The molecule has 0 atom stereocenters. The normalized spacial score (nSPS) is 16.0. The molecule has 1 aliphatic rings. The molecule has 0 amide bonds. The smallest absolute Gasteiger partial charge is 0.304 e. The molecule has 0 unspecified atom stereocenters. The molecule has 1 fully saturated rings. The number of sulfonamides is 1. The lowest BCUT2D eigenvalue weighted by atomic mass is 10.1. The van der Waals surface area contributed by atoms with E-state index >= 15 is 0 Å². The molecule has 0 aromatic heterocycles. The predicted octanol–water partition coefficient (Wildman–Crippen LogP) is 2.43. The average Bonchev–Trinajstić information content (AvgIpc) is 3.22. The number of hydrogen-bond donors (Lipinski definition) is 1. The van der Waals surface area contributed by atoms with E-state index in [4.69, 9.17) is 5.11 Å². The van der Waals surface area contributed by atoms with Crippen molar-refractivity contribution in [3.05, 3.63) is 29.8 Å². The molecule has 1 N–H and O–H groups in total. The Morgan fingerprint density at radius 2 is 1.86 bits per heavy atom. The number of hydrogen-bond acceptors (Lipinski definition) is 3. The van der Waals surface area contributed by atoms with Gasteiger partial charge in [-0.25, -0.2) is 17.2 Å². The topological polar surface area (TPSA) is 74.7 Å². The van der Waals surface area contributed by atoms with E-state index < -0.39 is 21.9 Å². The van der Waals surface area contributed by atoms with Gasteiger partial charge in [0, 0.05) is 25.1 Å². The Morgan fingerprint density at radius 3 is 2.27 bits per heavy atom. The maximum absolute atomic E-state index is 13.2. The molecule has 0 radical (unpaired) electrons. The van der Waals surface area contributed by atoms with Crippen LogP contribution in [0.1, 0.15) is 31.7 Å². The number of nitrogens with zero attached hydrogens (tertiary/aromatic N) is 1. The fraction of sp³-hybridized carbons (Fsp3) is 0.500. The van der Waals surface area contributed by atoms with Gasteiger partial charge in [-0.1, -0.05) is 12.1 Å². The van der Waals surface area contributed by atoms with E-state index in [2.05, 4.69) is 0 Å². The summed E-state index contributed by atoms with van der Waals surface area (Å²) in [4.78, 5) is 10.6. The fourth-order valence-electron chi connectivity index (χ4n) is 2.12. The second-order valence-corrected chi connectivity index (χ2v) is 7.29. The molecule has 1 aliphatic carbocycles. The van der Waals surface area contributed by atoms with Crippen molar-refractivity contribution in [3.8, 4) is 0 Å². The van der Waals surface area contributed by atoms with Gasteiger partial charge in [0.05, 0.1) is 11.3 Å². The van der Waals surface area contributed by atoms with E-state index in [9.17, 15) is 22.0 Å². The van der Waals surface area contributed by atoms with E-state index in [1.807, 2.05) is 0 Å². The van der Waals surface area contributed by atoms with Crippen molar-refractivity contribution < 1.29 is 27.1 Å². The van der Waals surface area contributed by atoms with Crippen LogP contribution in [-0.2, 0) is 20.7 Å². The summed E-state index contributed by atoms with van der Waals surface area (Å²) in [5.74, 6) is -4.12. The lowest BCUT2D eigenvalue weighted by molar-refractivity contribution is -0.137. The number of carbonyl (C=O) groups is 1.